The Morgan fingerprint density at radius 2 is 1.72 bits per heavy atom. The van der Waals surface area contributed by atoms with Crippen LogP contribution in [0.25, 0.3) is 0 Å². The molecular formula is C32H49NO3. The Morgan fingerprint density at radius 1 is 1.17 bits per heavy atom. The molecule has 4 nitrogen and oxygen atoms in total. The molecule has 1 N–H and O–H groups in total. The minimum atomic E-state index is -0.519. The van der Waals surface area contributed by atoms with E-state index in [4.69, 9.17) is 4.74 Å². The summed E-state index contributed by atoms with van der Waals surface area (Å²) >= 11 is 0. The Kier molecular flexibility index (Phi) is 20.9. The molecule has 1 aromatic carbocycles. The van der Waals surface area contributed by atoms with Crippen LogP contribution in [0.4, 0.5) is 0 Å². The lowest BCUT2D eigenvalue weighted by molar-refractivity contribution is -0.0741. The van der Waals surface area contributed by atoms with E-state index >= 15 is 0 Å². The second-order valence-corrected chi connectivity index (χ2v) is 8.17. The summed E-state index contributed by atoms with van der Waals surface area (Å²) in [6.07, 6.45) is 10.7. The van der Waals surface area contributed by atoms with Gasteiger partial charge in [0.15, 0.2) is 6.23 Å². The van der Waals surface area contributed by atoms with E-state index in [-0.39, 0.29) is 12.0 Å². The number of aliphatic hydroxyl groups is 1. The predicted molar refractivity (Wildman–Crippen MR) is 157 cm³/mol. The van der Waals surface area contributed by atoms with Crippen LogP contribution in [0.2, 0.25) is 0 Å². The van der Waals surface area contributed by atoms with Gasteiger partial charge in [-0.1, -0.05) is 87.6 Å². The summed E-state index contributed by atoms with van der Waals surface area (Å²) in [5.41, 5.74) is 3.58. The largest absolute Gasteiger partial charge is 0.393 e. The third-order valence-corrected chi connectivity index (χ3v) is 4.66. The van der Waals surface area contributed by atoms with Gasteiger partial charge in [-0.2, -0.15) is 0 Å². The minimum absolute atomic E-state index is 0.0670. The number of allylic oxidation sites excluding steroid dienone is 5. The zero-order chi connectivity index (χ0) is 28.1. The Hall–Kier alpha value is -2.95. The van der Waals surface area contributed by atoms with Gasteiger partial charge in [0.05, 0.1) is 12.2 Å². The quantitative estimate of drug-likeness (QED) is 0.262. The van der Waals surface area contributed by atoms with Gasteiger partial charge in [0.1, 0.15) is 0 Å². The molecule has 200 valence electrons. The van der Waals surface area contributed by atoms with Crippen LogP contribution in [0.1, 0.15) is 83.5 Å². The summed E-state index contributed by atoms with van der Waals surface area (Å²) in [7, 11) is 0. The van der Waals surface area contributed by atoms with Crippen LogP contribution in [0, 0.1) is 0 Å². The summed E-state index contributed by atoms with van der Waals surface area (Å²) in [5, 5.41) is 9.99. The van der Waals surface area contributed by atoms with Crippen molar-refractivity contribution in [3.8, 4) is 0 Å². The fourth-order valence-corrected chi connectivity index (χ4v) is 3.05. The Morgan fingerprint density at radius 3 is 2.19 bits per heavy atom. The molecule has 36 heavy (non-hydrogen) atoms. The van der Waals surface area contributed by atoms with Crippen molar-refractivity contribution < 1.29 is 14.6 Å². The van der Waals surface area contributed by atoms with Crippen LogP contribution >= 0.6 is 0 Å². The molecule has 4 heteroatoms. The van der Waals surface area contributed by atoms with E-state index < -0.39 is 12.3 Å². The summed E-state index contributed by atoms with van der Waals surface area (Å²) in [5.74, 6) is -0.0670. The van der Waals surface area contributed by atoms with Gasteiger partial charge in [-0.3, -0.25) is 4.79 Å². The molecule has 0 radical (unpaired) electrons. The molecule has 0 saturated carbocycles. The molecule has 0 aromatic heterocycles. The highest BCUT2D eigenvalue weighted by atomic mass is 16.5. The summed E-state index contributed by atoms with van der Waals surface area (Å²) < 4.78 is 6.24. The van der Waals surface area contributed by atoms with Crippen molar-refractivity contribution in [1.82, 2.24) is 4.90 Å². The number of hydrogen-bond acceptors (Lipinski definition) is 3. The Labute approximate surface area is 221 Å². The smallest absolute Gasteiger partial charge is 0.256 e. The van der Waals surface area contributed by atoms with Gasteiger partial charge in [0, 0.05) is 24.1 Å². The summed E-state index contributed by atoms with van der Waals surface area (Å²) in [4.78, 5) is 14.7. The highest BCUT2D eigenvalue weighted by Gasteiger charge is 2.38. The van der Waals surface area contributed by atoms with Crippen molar-refractivity contribution in [3.63, 3.8) is 0 Å². The number of carbonyl (C=O) groups is 1. The number of nitrogens with zero attached hydrogens (tertiary/aromatic N) is 1. The van der Waals surface area contributed by atoms with E-state index in [0.29, 0.717) is 24.9 Å². The first-order chi connectivity index (χ1) is 17.2. The average molecular weight is 496 g/mol. The standard InChI is InChI=1S/C23H29NO3.C4H8.C3H6.C2H6/c1-5-9-12-17(6-2)16-24-22(26)20-13-10-11-14-21(20)23(24)27-19(8-4)15-18(25)7-3;1-4(2)3;1-3-2;1-2/h5-6,8-14,18-19,23,25H,2,4,7,15-16H2,1,3H3;1H2,2-3H3;3H,1H2,2H3;1-2H3/b9-5-,17-12+;;;. The molecule has 0 saturated heterocycles. The van der Waals surface area contributed by atoms with Crippen molar-refractivity contribution in [2.24, 2.45) is 0 Å². The van der Waals surface area contributed by atoms with Crippen LogP contribution in [-0.2, 0) is 4.74 Å². The molecule has 1 amide bonds. The molecule has 2 rings (SSSR count). The molecule has 1 aliphatic rings. The van der Waals surface area contributed by atoms with Crippen molar-refractivity contribution >= 4 is 5.91 Å². The first-order valence-corrected chi connectivity index (χ1v) is 12.7. The lowest BCUT2D eigenvalue weighted by Crippen LogP contribution is -2.34. The number of amides is 1. The van der Waals surface area contributed by atoms with Crippen LogP contribution in [0.15, 0.2) is 98.2 Å². The molecule has 0 fully saturated rings. The number of carbonyl (C=O) groups excluding carboxylic acids is 1. The van der Waals surface area contributed by atoms with E-state index in [1.54, 1.807) is 23.1 Å². The van der Waals surface area contributed by atoms with E-state index in [1.807, 2.05) is 91.0 Å². The molecule has 1 aromatic rings. The maximum Gasteiger partial charge on any atom is 0.256 e. The van der Waals surface area contributed by atoms with Crippen molar-refractivity contribution in [2.75, 3.05) is 6.54 Å². The zero-order valence-electron chi connectivity index (χ0n) is 23.7. The van der Waals surface area contributed by atoms with Gasteiger partial charge in [-0.25, -0.2) is 0 Å². The monoisotopic (exact) mass is 495 g/mol. The highest BCUT2D eigenvalue weighted by molar-refractivity contribution is 5.99. The molecule has 1 aliphatic heterocycles. The molecule has 1 heterocycles. The Balaban J connectivity index is 0. The molecular weight excluding hydrogens is 446 g/mol. The third-order valence-electron chi connectivity index (χ3n) is 4.66. The number of hydrogen-bond donors (Lipinski definition) is 1. The average Bonchev–Trinajstić information content (AvgIpc) is 3.13. The van der Waals surface area contributed by atoms with Gasteiger partial charge in [0.25, 0.3) is 5.91 Å². The summed E-state index contributed by atoms with van der Waals surface area (Å²) in [6, 6.07) is 7.49. The van der Waals surface area contributed by atoms with E-state index in [1.165, 1.54) is 5.57 Å². The normalized spacial score (nSPS) is 15.7. The van der Waals surface area contributed by atoms with Crippen LogP contribution in [-0.4, -0.2) is 34.7 Å². The van der Waals surface area contributed by atoms with E-state index in [9.17, 15) is 9.90 Å². The number of benzene rings is 1. The zero-order valence-corrected chi connectivity index (χ0v) is 23.7. The lowest BCUT2D eigenvalue weighted by Gasteiger charge is -2.29. The fourth-order valence-electron chi connectivity index (χ4n) is 3.05. The minimum Gasteiger partial charge on any atom is -0.393 e. The molecule has 3 atom stereocenters. The maximum atomic E-state index is 13.0. The van der Waals surface area contributed by atoms with Gasteiger partial charge in [-0.15, -0.1) is 19.7 Å². The maximum absolute atomic E-state index is 13.0. The number of fused-ring (bicyclic) bond motifs is 1. The SMILES string of the molecule is C=C(C)C.C=C/C(=C\C=C/C)CN1C(=O)c2ccccc2C1OC(C=C)CC(O)CC.C=CC.CC. The fraction of sp³-hybridized carbons (Fsp3) is 0.406. The number of rotatable bonds is 10. The highest BCUT2D eigenvalue weighted by Crippen LogP contribution is 2.36. The molecule has 0 bridgehead atoms. The molecule has 3 unspecified atom stereocenters. The van der Waals surface area contributed by atoms with E-state index in [0.717, 1.165) is 11.1 Å². The van der Waals surface area contributed by atoms with E-state index in [2.05, 4.69) is 26.3 Å². The van der Waals surface area contributed by atoms with Crippen LogP contribution < -0.4 is 0 Å². The predicted octanol–water partition coefficient (Wildman–Crippen LogP) is 8.36. The topological polar surface area (TPSA) is 49.8 Å². The van der Waals surface area contributed by atoms with Crippen molar-refractivity contribution in [3.05, 3.63) is 109 Å². The van der Waals surface area contributed by atoms with Crippen LogP contribution in [0.3, 0.4) is 0 Å². The van der Waals surface area contributed by atoms with Crippen molar-refractivity contribution in [2.45, 2.75) is 79.7 Å². The number of ether oxygens (including phenoxy) is 1. The van der Waals surface area contributed by atoms with Crippen molar-refractivity contribution in [1.29, 1.82) is 0 Å². The first-order valence-electron chi connectivity index (χ1n) is 12.7. The lowest BCUT2D eigenvalue weighted by atomic mass is 10.1. The third kappa shape index (κ3) is 13.2. The van der Waals surface area contributed by atoms with Gasteiger partial charge in [-0.05, 0) is 45.8 Å². The number of aliphatic hydroxyl groups excluding tert-OH is 1. The van der Waals surface area contributed by atoms with Gasteiger partial charge < -0.3 is 14.7 Å². The second-order valence-electron chi connectivity index (χ2n) is 8.17. The summed E-state index contributed by atoms with van der Waals surface area (Å²) in [6.45, 7) is 28.7. The second kappa shape index (κ2) is 21.3. The first kappa shape index (κ1) is 35.2. The molecule has 0 spiro atoms. The molecule has 0 aliphatic carbocycles. The van der Waals surface area contributed by atoms with Crippen LogP contribution in [0.5, 0.6) is 0 Å². The van der Waals surface area contributed by atoms with Gasteiger partial charge >= 0.3 is 0 Å². The van der Waals surface area contributed by atoms with Gasteiger partial charge in [0.2, 0.25) is 0 Å². The Bertz CT molecular complexity index is 862.